The number of hydrogen-bond donors (Lipinski definition) is 2. The number of aromatic nitrogens is 3. The van der Waals surface area contributed by atoms with Gasteiger partial charge >= 0.3 is 0 Å². The lowest BCUT2D eigenvalue weighted by molar-refractivity contribution is -0.384. The van der Waals surface area contributed by atoms with Gasteiger partial charge in [0.25, 0.3) is 11.6 Å². The monoisotopic (exact) mass is 378 g/mol. The quantitative estimate of drug-likeness (QED) is 0.617. The van der Waals surface area contributed by atoms with Gasteiger partial charge in [-0.25, -0.2) is 4.68 Å². The van der Waals surface area contributed by atoms with Crippen molar-refractivity contribution < 1.29 is 9.72 Å². The third-order valence-corrected chi connectivity index (χ3v) is 4.84. The van der Waals surface area contributed by atoms with Gasteiger partial charge in [-0.2, -0.15) is 0 Å². The van der Waals surface area contributed by atoms with E-state index in [0.29, 0.717) is 17.8 Å². The number of carbonyl (C=O) groups excluding carboxylic acids is 1. The van der Waals surface area contributed by atoms with Gasteiger partial charge in [0.2, 0.25) is 0 Å². The Morgan fingerprint density at radius 2 is 2.04 bits per heavy atom. The van der Waals surface area contributed by atoms with E-state index in [0.717, 1.165) is 12.8 Å². The number of hydrogen-bond acceptors (Lipinski definition) is 6. The molecule has 2 fully saturated rings. The topological polar surface area (TPSA) is 115 Å². The molecule has 2 aliphatic heterocycles. The van der Waals surface area contributed by atoms with Gasteiger partial charge < -0.3 is 10.6 Å². The van der Waals surface area contributed by atoms with Crippen molar-refractivity contribution in [2.45, 2.75) is 43.8 Å². The highest BCUT2D eigenvalue weighted by Crippen LogP contribution is 2.26. The van der Waals surface area contributed by atoms with Crippen molar-refractivity contribution in [3.05, 3.63) is 46.3 Å². The normalized spacial score (nSPS) is 23.9. The smallest absolute Gasteiger partial charge is 0.273 e. The predicted molar refractivity (Wildman–Crippen MR) is 95.7 cm³/mol. The number of benzene rings is 1. The van der Waals surface area contributed by atoms with Gasteiger partial charge in [0, 0.05) is 30.3 Å². The van der Waals surface area contributed by atoms with E-state index < -0.39 is 4.92 Å². The zero-order valence-corrected chi connectivity index (χ0v) is 14.7. The van der Waals surface area contributed by atoms with E-state index in [1.807, 2.05) is 0 Å². The number of carbonyl (C=O) groups is 1. The number of nitrogens with one attached hydrogen (secondary N) is 2. The van der Waals surface area contributed by atoms with Crippen molar-refractivity contribution >= 4 is 24.0 Å². The van der Waals surface area contributed by atoms with Crippen LogP contribution in [-0.2, 0) is 0 Å². The number of amides is 1. The van der Waals surface area contributed by atoms with Crippen LogP contribution in [0.15, 0.2) is 30.5 Å². The molecule has 4 rings (SSSR count). The highest BCUT2D eigenvalue weighted by atomic mass is 35.5. The van der Waals surface area contributed by atoms with Gasteiger partial charge in [0.05, 0.1) is 16.8 Å². The van der Waals surface area contributed by atoms with Crippen LogP contribution >= 0.6 is 12.4 Å². The third-order valence-electron chi connectivity index (χ3n) is 4.84. The van der Waals surface area contributed by atoms with Crippen LogP contribution in [0.25, 0.3) is 5.69 Å². The highest BCUT2D eigenvalue weighted by Gasteiger charge is 2.34. The first-order chi connectivity index (χ1) is 12.1. The molecule has 1 aromatic carbocycles. The van der Waals surface area contributed by atoms with Crippen molar-refractivity contribution in [1.82, 2.24) is 25.6 Å². The molecule has 138 valence electrons. The van der Waals surface area contributed by atoms with Crippen LogP contribution in [-0.4, -0.2) is 43.9 Å². The minimum atomic E-state index is -0.473. The number of non-ortho nitro benzene ring substituents is 1. The zero-order valence-electron chi connectivity index (χ0n) is 13.9. The van der Waals surface area contributed by atoms with E-state index in [9.17, 15) is 14.9 Å². The van der Waals surface area contributed by atoms with Crippen LogP contribution in [0.2, 0.25) is 0 Å². The van der Waals surface area contributed by atoms with Crippen molar-refractivity contribution in [3.63, 3.8) is 0 Å². The first kappa shape index (κ1) is 18.3. The van der Waals surface area contributed by atoms with Crippen molar-refractivity contribution in [2.75, 3.05) is 0 Å². The van der Waals surface area contributed by atoms with Gasteiger partial charge in [-0.3, -0.25) is 14.9 Å². The van der Waals surface area contributed by atoms with E-state index in [1.165, 1.54) is 35.9 Å². The second-order valence-electron chi connectivity index (χ2n) is 6.60. The Labute approximate surface area is 155 Å². The van der Waals surface area contributed by atoms with Crippen LogP contribution in [0.3, 0.4) is 0 Å². The number of nitrogens with zero attached hydrogens (tertiary/aromatic N) is 4. The molecule has 2 bridgehead atoms. The lowest BCUT2D eigenvalue weighted by atomic mass is 10.00. The molecule has 2 saturated heterocycles. The summed E-state index contributed by atoms with van der Waals surface area (Å²) in [5.41, 5.74) is 0.655. The number of fused-ring (bicyclic) bond motifs is 2. The van der Waals surface area contributed by atoms with Crippen LogP contribution < -0.4 is 10.6 Å². The number of halogens is 1. The van der Waals surface area contributed by atoms with E-state index >= 15 is 0 Å². The Morgan fingerprint density at radius 1 is 1.31 bits per heavy atom. The number of nitro benzene ring substituents is 1. The second kappa shape index (κ2) is 7.38. The van der Waals surface area contributed by atoms with Crippen LogP contribution in [0.5, 0.6) is 0 Å². The number of nitro groups is 1. The molecule has 9 nitrogen and oxygen atoms in total. The maximum absolute atomic E-state index is 12.4. The van der Waals surface area contributed by atoms with Gasteiger partial charge in [-0.05, 0) is 31.7 Å². The first-order valence-electron chi connectivity index (χ1n) is 8.32. The molecule has 2 N–H and O–H groups in total. The largest absolute Gasteiger partial charge is 0.348 e. The Kier molecular flexibility index (Phi) is 5.19. The Hall–Kier alpha value is -2.52. The molecule has 2 aromatic rings. The summed E-state index contributed by atoms with van der Waals surface area (Å²) in [7, 11) is 0. The first-order valence-corrected chi connectivity index (χ1v) is 8.32. The average molecular weight is 379 g/mol. The van der Waals surface area contributed by atoms with Gasteiger partial charge in [-0.1, -0.05) is 11.3 Å². The molecule has 10 heteroatoms. The summed E-state index contributed by atoms with van der Waals surface area (Å²) in [6.07, 6.45) is 5.69. The van der Waals surface area contributed by atoms with Crippen molar-refractivity contribution in [3.8, 4) is 5.69 Å². The molecular formula is C16H19ClN6O3. The number of rotatable bonds is 4. The molecule has 2 aliphatic rings. The van der Waals surface area contributed by atoms with E-state index in [4.69, 9.17) is 0 Å². The van der Waals surface area contributed by atoms with Crippen LogP contribution in [0.4, 0.5) is 5.69 Å². The molecule has 0 radical (unpaired) electrons. The van der Waals surface area contributed by atoms with Crippen LogP contribution in [0, 0.1) is 10.1 Å². The van der Waals surface area contributed by atoms with Crippen molar-refractivity contribution in [2.24, 2.45) is 0 Å². The fourth-order valence-electron chi connectivity index (χ4n) is 3.68. The SMILES string of the molecule is Cl.O=C(NC1CC2CCC(C1)N2)c1cn(-c2cccc([N+](=O)[O-])c2)nn1. The second-order valence-corrected chi connectivity index (χ2v) is 6.60. The minimum Gasteiger partial charge on any atom is -0.348 e. The Morgan fingerprint density at radius 3 is 2.73 bits per heavy atom. The summed E-state index contributed by atoms with van der Waals surface area (Å²) in [6, 6.07) is 7.16. The Balaban J connectivity index is 0.00000196. The average Bonchev–Trinajstić information content (AvgIpc) is 3.22. The summed E-state index contributed by atoms with van der Waals surface area (Å²) in [6.45, 7) is 0. The molecule has 2 atom stereocenters. The van der Waals surface area contributed by atoms with E-state index in [2.05, 4.69) is 20.9 Å². The summed E-state index contributed by atoms with van der Waals surface area (Å²) >= 11 is 0. The lowest BCUT2D eigenvalue weighted by Crippen LogP contribution is -2.48. The van der Waals surface area contributed by atoms with E-state index in [1.54, 1.807) is 12.1 Å². The van der Waals surface area contributed by atoms with Gasteiger partial charge in [0.1, 0.15) is 0 Å². The standard InChI is InChI=1S/C16H18N6O3.ClH/c23-16(18-12-6-10-4-5-11(7-12)17-10)15-9-21(20-19-15)13-2-1-3-14(8-13)22(24)25;/h1-3,8-12,17H,4-7H2,(H,18,23);1H. The molecule has 0 aliphatic carbocycles. The molecule has 26 heavy (non-hydrogen) atoms. The molecule has 2 unspecified atom stereocenters. The van der Waals surface area contributed by atoms with Crippen LogP contribution in [0.1, 0.15) is 36.2 Å². The molecular weight excluding hydrogens is 360 g/mol. The molecule has 1 aromatic heterocycles. The molecule has 3 heterocycles. The lowest BCUT2D eigenvalue weighted by Gasteiger charge is -2.29. The van der Waals surface area contributed by atoms with Crippen molar-refractivity contribution in [1.29, 1.82) is 0 Å². The fourth-order valence-corrected chi connectivity index (χ4v) is 3.68. The summed E-state index contributed by atoms with van der Waals surface area (Å²) < 4.78 is 1.37. The zero-order chi connectivity index (χ0) is 17.4. The number of piperidine rings is 1. The predicted octanol–water partition coefficient (Wildman–Crippen LogP) is 1.61. The minimum absolute atomic E-state index is 0. The summed E-state index contributed by atoms with van der Waals surface area (Å²) in [5, 5.41) is 25.2. The fraction of sp³-hybridized carbons (Fsp3) is 0.438. The maximum Gasteiger partial charge on any atom is 0.273 e. The molecule has 0 saturated carbocycles. The summed E-state index contributed by atoms with van der Waals surface area (Å²) in [5.74, 6) is -0.261. The molecule has 1 amide bonds. The molecule has 0 spiro atoms. The highest BCUT2D eigenvalue weighted by molar-refractivity contribution is 5.92. The van der Waals surface area contributed by atoms with E-state index in [-0.39, 0.29) is 35.7 Å². The van der Waals surface area contributed by atoms with Gasteiger partial charge in [0.15, 0.2) is 5.69 Å². The summed E-state index contributed by atoms with van der Waals surface area (Å²) in [4.78, 5) is 22.8. The third kappa shape index (κ3) is 3.68. The van der Waals surface area contributed by atoms with Gasteiger partial charge in [-0.15, -0.1) is 17.5 Å². The Bertz CT molecular complexity index is 814. The maximum atomic E-state index is 12.4.